The summed E-state index contributed by atoms with van der Waals surface area (Å²) in [6.45, 7) is 2.63. The Morgan fingerprint density at radius 3 is 1.55 bits per heavy atom. The highest BCUT2D eigenvalue weighted by Gasteiger charge is 2.42. The molecule has 0 N–H and O–H groups in total. The largest absolute Gasteiger partial charge is 0.292 e. The van der Waals surface area contributed by atoms with Crippen LogP contribution in [0.4, 0.5) is 0 Å². The van der Waals surface area contributed by atoms with Gasteiger partial charge in [0.1, 0.15) is 11.4 Å². The van der Waals surface area contributed by atoms with Crippen LogP contribution in [0.15, 0.2) is 211 Å². The molecule has 0 radical (unpaired) electrons. The van der Waals surface area contributed by atoms with E-state index in [1.165, 1.54) is 0 Å². The first-order valence-corrected chi connectivity index (χ1v) is 23.1. The molecular formula is C57H45IN6O. The fourth-order valence-electron chi connectivity index (χ4n) is 9.13. The SMILES string of the molecule is CCCCc1nc2ccc(I)cc2c(=O)n1Cc1ccc(-c2ccccc2-c2ccc(-c3ccccc3-c3nnnn3C(c3ccccc3)(c3ccccc3)c3ccccc3)cc2)cc1. The number of tetrazole rings is 1. The predicted octanol–water partition coefficient (Wildman–Crippen LogP) is 12.9. The highest BCUT2D eigenvalue weighted by Crippen LogP contribution is 2.44. The molecule has 0 atom stereocenters. The van der Waals surface area contributed by atoms with Gasteiger partial charge < -0.3 is 0 Å². The molecule has 2 aromatic heterocycles. The van der Waals surface area contributed by atoms with E-state index in [0.717, 1.165) is 95.4 Å². The molecule has 0 fully saturated rings. The number of nitrogens with zero attached hydrogens (tertiary/aromatic N) is 6. The summed E-state index contributed by atoms with van der Waals surface area (Å²) in [6, 6.07) is 71.6. The van der Waals surface area contributed by atoms with Crippen LogP contribution in [0.2, 0.25) is 0 Å². The Labute approximate surface area is 392 Å². The van der Waals surface area contributed by atoms with E-state index in [9.17, 15) is 4.79 Å². The fraction of sp³-hybridized carbons (Fsp3) is 0.105. The minimum Gasteiger partial charge on any atom is -0.292 e. The molecule has 7 nitrogen and oxygen atoms in total. The predicted molar refractivity (Wildman–Crippen MR) is 271 cm³/mol. The lowest BCUT2D eigenvalue weighted by atomic mass is 9.77. The number of benzene rings is 8. The Kier molecular flexibility index (Phi) is 11.8. The van der Waals surface area contributed by atoms with Crippen LogP contribution >= 0.6 is 22.6 Å². The molecule has 8 heteroatoms. The maximum Gasteiger partial charge on any atom is 0.261 e. The highest BCUT2D eigenvalue weighted by atomic mass is 127. The molecule has 2 heterocycles. The molecule has 0 amide bonds. The third kappa shape index (κ3) is 7.99. The van der Waals surface area contributed by atoms with Gasteiger partial charge in [-0.2, -0.15) is 0 Å². The van der Waals surface area contributed by atoms with Gasteiger partial charge in [-0.1, -0.05) is 201 Å². The summed E-state index contributed by atoms with van der Waals surface area (Å²) in [7, 11) is 0. The third-order valence-corrected chi connectivity index (χ3v) is 13.0. The number of rotatable bonds is 13. The average Bonchev–Trinajstić information content (AvgIpc) is 3.86. The van der Waals surface area contributed by atoms with Gasteiger partial charge in [0.05, 0.1) is 17.4 Å². The van der Waals surface area contributed by atoms with Gasteiger partial charge in [-0.05, 0) is 113 Å². The Morgan fingerprint density at radius 2 is 1.03 bits per heavy atom. The summed E-state index contributed by atoms with van der Waals surface area (Å²) < 4.78 is 4.88. The van der Waals surface area contributed by atoms with Crippen molar-refractivity contribution in [2.24, 2.45) is 0 Å². The van der Waals surface area contributed by atoms with Gasteiger partial charge in [-0.25, -0.2) is 9.67 Å². The second-order valence-electron chi connectivity index (χ2n) is 16.3. The van der Waals surface area contributed by atoms with Crippen molar-refractivity contribution in [3.05, 3.63) is 248 Å². The van der Waals surface area contributed by atoms with E-state index in [0.29, 0.717) is 17.8 Å². The number of hydrogen-bond acceptors (Lipinski definition) is 5. The summed E-state index contributed by atoms with van der Waals surface area (Å²) in [4.78, 5) is 18.8. The summed E-state index contributed by atoms with van der Waals surface area (Å²) in [5.74, 6) is 1.49. The van der Waals surface area contributed by atoms with E-state index >= 15 is 0 Å². The van der Waals surface area contributed by atoms with Crippen LogP contribution in [0.5, 0.6) is 0 Å². The van der Waals surface area contributed by atoms with Gasteiger partial charge in [0, 0.05) is 15.6 Å². The standard InChI is InChI=1S/C57H45IN6O/c1-2-3-27-54-59-53-37-36-47(58)38-52(53)56(65)63(54)39-40-28-30-41(31-29-40)48-23-13-14-24-49(48)42-32-34-43(35-33-42)50-25-15-16-26-51(50)55-60-61-62-64(55)57(44-17-7-4-8-18-44,45-19-9-5-10-20-45)46-21-11-6-12-22-46/h4-26,28-38H,2-3,27,39H2,1H3. The smallest absolute Gasteiger partial charge is 0.261 e. The fourth-order valence-corrected chi connectivity index (χ4v) is 9.62. The van der Waals surface area contributed by atoms with E-state index in [1.807, 2.05) is 51.7 Å². The van der Waals surface area contributed by atoms with Crippen LogP contribution in [0.25, 0.3) is 55.7 Å². The van der Waals surface area contributed by atoms with Crippen molar-refractivity contribution in [3.63, 3.8) is 0 Å². The molecule has 0 aliphatic carbocycles. The van der Waals surface area contributed by atoms with Gasteiger partial charge in [0.25, 0.3) is 5.56 Å². The number of halogens is 1. The van der Waals surface area contributed by atoms with Crippen LogP contribution in [0.3, 0.4) is 0 Å². The number of aromatic nitrogens is 6. The van der Waals surface area contributed by atoms with E-state index in [4.69, 9.17) is 15.3 Å². The Balaban J connectivity index is 0.988. The molecule has 0 aliphatic heterocycles. The van der Waals surface area contributed by atoms with Gasteiger partial charge in [0.15, 0.2) is 5.82 Å². The van der Waals surface area contributed by atoms with Crippen LogP contribution in [0.1, 0.15) is 47.8 Å². The van der Waals surface area contributed by atoms with Crippen LogP contribution in [-0.2, 0) is 18.5 Å². The van der Waals surface area contributed by atoms with Gasteiger partial charge >= 0.3 is 0 Å². The molecule has 0 saturated carbocycles. The first kappa shape index (κ1) is 41.7. The minimum atomic E-state index is -0.872. The lowest BCUT2D eigenvalue weighted by molar-refractivity contribution is 0.451. The summed E-state index contributed by atoms with van der Waals surface area (Å²) in [6.07, 6.45) is 2.77. The lowest BCUT2D eigenvalue weighted by Gasteiger charge is -2.36. The number of hydrogen-bond donors (Lipinski definition) is 0. The Morgan fingerprint density at radius 1 is 0.554 bits per heavy atom. The van der Waals surface area contributed by atoms with Crippen molar-refractivity contribution in [2.75, 3.05) is 0 Å². The van der Waals surface area contributed by atoms with Crippen molar-refractivity contribution in [1.82, 2.24) is 29.8 Å². The normalized spacial score (nSPS) is 11.5. The second kappa shape index (κ2) is 18.4. The van der Waals surface area contributed by atoms with E-state index in [-0.39, 0.29) is 5.56 Å². The van der Waals surface area contributed by atoms with Crippen molar-refractivity contribution in [2.45, 2.75) is 38.3 Å². The van der Waals surface area contributed by atoms with Gasteiger partial charge in [-0.3, -0.25) is 9.36 Å². The first-order valence-electron chi connectivity index (χ1n) is 22.1. The number of aryl methyl sites for hydroxylation is 1. The average molecular weight is 957 g/mol. The summed E-state index contributed by atoms with van der Waals surface area (Å²) in [5.41, 5.74) is 11.6. The summed E-state index contributed by atoms with van der Waals surface area (Å²) in [5, 5.41) is 14.6. The van der Waals surface area contributed by atoms with E-state index < -0.39 is 5.54 Å². The molecule has 316 valence electrons. The molecule has 10 aromatic rings. The van der Waals surface area contributed by atoms with Crippen LogP contribution in [-0.4, -0.2) is 29.8 Å². The molecule has 0 spiro atoms. The van der Waals surface area contributed by atoms with Crippen LogP contribution in [0, 0.1) is 3.57 Å². The summed E-state index contributed by atoms with van der Waals surface area (Å²) >= 11 is 2.26. The topological polar surface area (TPSA) is 78.5 Å². The monoisotopic (exact) mass is 956 g/mol. The van der Waals surface area contributed by atoms with Crippen molar-refractivity contribution in [1.29, 1.82) is 0 Å². The first-order chi connectivity index (χ1) is 32.0. The van der Waals surface area contributed by atoms with Gasteiger partial charge in [-0.15, -0.1) is 5.10 Å². The minimum absolute atomic E-state index is 0.0123. The van der Waals surface area contributed by atoms with Crippen LogP contribution < -0.4 is 5.56 Å². The maximum atomic E-state index is 13.9. The molecule has 65 heavy (non-hydrogen) atoms. The Hall–Kier alpha value is -7.30. The molecule has 0 unspecified atom stereocenters. The zero-order valence-corrected chi connectivity index (χ0v) is 38.1. The van der Waals surface area contributed by atoms with Gasteiger partial charge in [0.2, 0.25) is 0 Å². The molecule has 0 aliphatic rings. The third-order valence-electron chi connectivity index (χ3n) is 12.3. The molecule has 0 saturated heterocycles. The number of fused-ring (bicyclic) bond motifs is 1. The Bertz CT molecular complexity index is 3200. The van der Waals surface area contributed by atoms with Crippen molar-refractivity contribution in [3.8, 4) is 44.8 Å². The van der Waals surface area contributed by atoms with E-state index in [2.05, 4.69) is 199 Å². The quantitative estimate of drug-likeness (QED) is 0.0850. The van der Waals surface area contributed by atoms with Crippen molar-refractivity contribution >= 4 is 33.5 Å². The molecule has 8 aromatic carbocycles. The lowest BCUT2D eigenvalue weighted by Crippen LogP contribution is -2.39. The zero-order chi connectivity index (χ0) is 44.2. The zero-order valence-electron chi connectivity index (χ0n) is 35.9. The van der Waals surface area contributed by atoms with E-state index in [1.54, 1.807) is 0 Å². The maximum absolute atomic E-state index is 13.9. The molecule has 0 bridgehead atoms. The number of unbranched alkanes of at least 4 members (excludes halogenated alkanes) is 1. The second-order valence-corrected chi connectivity index (χ2v) is 17.5. The molecule has 10 rings (SSSR count). The molecular weight excluding hydrogens is 912 g/mol. The highest BCUT2D eigenvalue weighted by molar-refractivity contribution is 14.1. The van der Waals surface area contributed by atoms with Crippen molar-refractivity contribution < 1.29 is 0 Å².